The second-order valence-electron chi connectivity index (χ2n) is 4.96. The zero-order chi connectivity index (χ0) is 13.8. The average Bonchev–Trinajstić information content (AvgIpc) is 2.89. The Bertz CT molecular complexity index is 703. The molecule has 0 aliphatic heterocycles. The maximum Gasteiger partial charge on any atom is 0.0925 e. The summed E-state index contributed by atoms with van der Waals surface area (Å²) in [7, 11) is 0. The lowest BCUT2D eigenvalue weighted by Gasteiger charge is -2.05. The van der Waals surface area contributed by atoms with Crippen molar-refractivity contribution >= 4 is 10.8 Å². The molecule has 0 fully saturated rings. The first-order valence-electron chi connectivity index (χ1n) is 6.87. The Morgan fingerprint density at radius 2 is 1.95 bits per heavy atom. The van der Waals surface area contributed by atoms with E-state index in [-0.39, 0.29) is 0 Å². The Balaban J connectivity index is 1.56. The van der Waals surface area contributed by atoms with Crippen molar-refractivity contribution in [3.05, 3.63) is 65.7 Å². The number of rotatable bonds is 5. The number of aryl methyl sites for hydroxylation is 1. The largest absolute Gasteiger partial charge is 0.376 e. The summed E-state index contributed by atoms with van der Waals surface area (Å²) in [4.78, 5) is 7.35. The van der Waals surface area contributed by atoms with Crippen molar-refractivity contribution in [1.29, 1.82) is 0 Å². The van der Waals surface area contributed by atoms with Crippen molar-refractivity contribution in [3.8, 4) is 0 Å². The lowest BCUT2D eigenvalue weighted by atomic mass is 10.1. The van der Waals surface area contributed by atoms with Gasteiger partial charge in [0.05, 0.1) is 25.2 Å². The number of aromatic amines is 1. The summed E-state index contributed by atoms with van der Waals surface area (Å²) >= 11 is 0. The monoisotopic (exact) mass is 266 g/mol. The molecule has 0 radical (unpaired) electrons. The van der Waals surface area contributed by atoms with Crippen LogP contribution in [0, 0.1) is 6.92 Å². The van der Waals surface area contributed by atoms with E-state index in [1.807, 2.05) is 6.92 Å². The third-order valence-corrected chi connectivity index (χ3v) is 3.50. The van der Waals surface area contributed by atoms with Gasteiger partial charge in [-0.3, -0.25) is 0 Å². The lowest BCUT2D eigenvalue weighted by Crippen LogP contribution is -2.00. The van der Waals surface area contributed by atoms with Gasteiger partial charge in [-0.05, 0) is 29.3 Å². The van der Waals surface area contributed by atoms with Crippen LogP contribution in [0.5, 0.6) is 0 Å². The molecule has 0 spiro atoms. The molecule has 102 valence electrons. The van der Waals surface area contributed by atoms with Crippen LogP contribution >= 0.6 is 0 Å². The van der Waals surface area contributed by atoms with Gasteiger partial charge in [-0.25, -0.2) is 4.98 Å². The van der Waals surface area contributed by atoms with Gasteiger partial charge >= 0.3 is 0 Å². The Labute approximate surface area is 118 Å². The standard InChI is InChI=1S/C17H18N2O/c1-13-17(19-12-18-13)8-9-20-11-14-6-7-15-4-2-3-5-16(15)10-14/h2-7,10,12H,8-9,11H2,1H3,(H,18,19). The van der Waals surface area contributed by atoms with E-state index < -0.39 is 0 Å². The van der Waals surface area contributed by atoms with E-state index in [2.05, 4.69) is 52.4 Å². The van der Waals surface area contributed by atoms with Gasteiger partial charge < -0.3 is 9.72 Å². The van der Waals surface area contributed by atoms with Crippen molar-refractivity contribution in [1.82, 2.24) is 9.97 Å². The number of H-pyrrole nitrogens is 1. The number of fused-ring (bicyclic) bond motifs is 1. The number of hydrogen-bond donors (Lipinski definition) is 1. The molecule has 3 nitrogen and oxygen atoms in total. The van der Waals surface area contributed by atoms with Crippen LogP contribution in [0.4, 0.5) is 0 Å². The van der Waals surface area contributed by atoms with Crippen LogP contribution in [-0.2, 0) is 17.8 Å². The van der Waals surface area contributed by atoms with Crippen LogP contribution in [0.1, 0.15) is 17.0 Å². The Hall–Kier alpha value is -2.13. The molecule has 20 heavy (non-hydrogen) atoms. The number of ether oxygens (including phenoxy) is 1. The van der Waals surface area contributed by atoms with Crippen LogP contribution in [-0.4, -0.2) is 16.6 Å². The van der Waals surface area contributed by atoms with Crippen LogP contribution < -0.4 is 0 Å². The minimum absolute atomic E-state index is 0.647. The molecule has 0 saturated carbocycles. The molecule has 2 aromatic carbocycles. The van der Waals surface area contributed by atoms with Gasteiger partial charge in [0.1, 0.15) is 0 Å². The molecule has 0 aliphatic carbocycles. The van der Waals surface area contributed by atoms with E-state index in [1.54, 1.807) is 6.33 Å². The van der Waals surface area contributed by atoms with E-state index >= 15 is 0 Å². The molecule has 0 aliphatic rings. The third-order valence-electron chi connectivity index (χ3n) is 3.50. The van der Waals surface area contributed by atoms with Crippen LogP contribution in [0.2, 0.25) is 0 Å². The quantitative estimate of drug-likeness (QED) is 0.716. The Morgan fingerprint density at radius 1 is 1.10 bits per heavy atom. The molecular formula is C17H18N2O. The summed E-state index contributed by atoms with van der Waals surface area (Å²) < 4.78 is 5.74. The van der Waals surface area contributed by atoms with Crippen LogP contribution in [0.15, 0.2) is 48.8 Å². The number of aromatic nitrogens is 2. The second kappa shape index (κ2) is 5.88. The van der Waals surface area contributed by atoms with Crippen molar-refractivity contribution < 1.29 is 4.74 Å². The van der Waals surface area contributed by atoms with Gasteiger partial charge in [-0.2, -0.15) is 0 Å². The molecule has 1 heterocycles. The minimum atomic E-state index is 0.647. The van der Waals surface area contributed by atoms with E-state index in [9.17, 15) is 0 Å². The summed E-state index contributed by atoms with van der Waals surface area (Å²) in [5, 5.41) is 2.53. The third kappa shape index (κ3) is 2.89. The number of hydrogen-bond acceptors (Lipinski definition) is 2. The molecule has 3 rings (SSSR count). The topological polar surface area (TPSA) is 37.9 Å². The first-order chi connectivity index (χ1) is 9.83. The molecule has 0 atom stereocenters. The molecule has 0 unspecified atom stereocenters. The lowest BCUT2D eigenvalue weighted by molar-refractivity contribution is 0.123. The zero-order valence-electron chi connectivity index (χ0n) is 11.6. The maximum atomic E-state index is 5.74. The molecule has 0 bridgehead atoms. The average molecular weight is 266 g/mol. The van der Waals surface area contributed by atoms with Crippen molar-refractivity contribution in [2.75, 3.05) is 6.61 Å². The molecule has 3 aromatic rings. The SMILES string of the molecule is Cc1[nH]cnc1CCOCc1ccc2ccccc2c1. The van der Waals surface area contributed by atoms with Gasteiger partial charge in [0.25, 0.3) is 0 Å². The zero-order valence-corrected chi connectivity index (χ0v) is 11.6. The smallest absolute Gasteiger partial charge is 0.0925 e. The summed E-state index contributed by atoms with van der Waals surface area (Å²) in [5.41, 5.74) is 3.42. The number of benzene rings is 2. The van der Waals surface area contributed by atoms with E-state index in [4.69, 9.17) is 4.74 Å². The fourth-order valence-electron chi connectivity index (χ4n) is 2.33. The van der Waals surface area contributed by atoms with Gasteiger partial charge in [-0.15, -0.1) is 0 Å². The fraction of sp³-hybridized carbons (Fsp3) is 0.235. The Morgan fingerprint density at radius 3 is 2.75 bits per heavy atom. The van der Waals surface area contributed by atoms with E-state index in [0.717, 1.165) is 17.8 Å². The normalized spacial score (nSPS) is 11.1. The molecular weight excluding hydrogens is 248 g/mol. The summed E-state index contributed by atoms with van der Waals surface area (Å²) in [5.74, 6) is 0. The van der Waals surface area contributed by atoms with Crippen LogP contribution in [0.3, 0.4) is 0 Å². The van der Waals surface area contributed by atoms with E-state index in [0.29, 0.717) is 13.2 Å². The molecule has 0 amide bonds. The van der Waals surface area contributed by atoms with E-state index in [1.165, 1.54) is 16.3 Å². The van der Waals surface area contributed by atoms with Gasteiger partial charge in [0.15, 0.2) is 0 Å². The number of imidazole rings is 1. The highest BCUT2D eigenvalue weighted by molar-refractivity contribution is 5.82. The van der Waals surface area contributed by atoms with Crippen molar-refractivity contribution in [2.45, 2.75) is 20.0 Å². The van der Waals surface area contributed by atoms with Crippen molar-refractivity contribution in [2.24, 2.45) is 0 Å². The van der Waals surface area contributed by atoms with Gasteiger partial charge in [0, 0.05) is 12.1 Å². The number of nitrogens with one attached hydrogen (secondary N) is 1. The Kier molecular flexibility index (Phi) is 3.79. The summed E-state index contributed by atoms with van der Waals surface area (Å²) in [6.07, 6.45) is 2.58. The van der Waals surface area contributed by atoms with Crippen LogP contribution in [0.25, 0.3) is 10.8 Å². The number of nitrogens with zero attached hydrogens (tertiary/aromatic N) is 1. The molecule has 0 saturated heterocycles. The first kappa shape index (κ1) is 12.9. The maximum absolute atomic E-state index is 5.74. The molecule has 3 heteroatoms. The van der Waals surface area contributed by atoms with Gasteiger partial charge in [0.2, 0.25) is 0 Å². The molecule has 1 aromatic heterocycles. The fourth-order valence-corrected chi connectivity index (χ4v) is 2.33. The molecule has 1 N–H and O–H groups in total. The van der Waals surface area contributed by atoms with Crippen molar-refractivity contribution in [3.63, 3.8) is 0 Å². The summed E-state index contributed by atoms with van der Waals surface area (Å²) in [6, 6.07) is 14.8. The highest BCUT2D eigenvalue weighted by Gasteiger charge is 2.01. The highest BCUT2D eigenvalue weighted by atomic mass is 16.5. The van der Waals surface area contributed by atoms with Gasteiger partial charge in [-0.1, -0.05) is 36.4 Å². The highest BCUT2D eigenvalue weighted by Crippen LogP contribution is 2.16. The summed E-state index contributed by atoms with van der Waals surface area (Å²) in [6.45, 7) is 3.37. The predicted octanol–water partition coefficient (Wildman–Crippen LogP) is 3.63. The predicted molar refractivity (Wildman–Crippen MR) is 80.6 cm³/mol. The first-order valence-corrected chi connectivity index (χ1v) is 6.87. The second-order valence-corrected chi connectivity index (χ2v) is 4.96. The minimum Gasteiger partial charge on any atom is -0.376 e.